The molecular formula is C13H19NO5S2. The second-order valence-electron chi connectivity index (χ2n) is 4.54. The standard InChI is InChI=1S/C13H19NO5S2/c1-9-7-11(15)10(13(16)17)8-12(9)21(18,19)14-5-3-4-6-20-2/h7-8,14-15H,3-6H2,1-2H3,(H,16,17). The average molecular weight is 333 g/mol. The van der Waals surface area contributed by atoms with E-state index in [0.29, 0.717) is 18.5 Å². The monoisotopic (exact) mass is 333 g/mol. The molecule has 118 valence electrons. The normalized spacial score (nSPS) is 11.5. The van der Waals surface area contributed by atoms with Crippen LogP contribution in [-0.2, 0) is 10.0 Å². The molecule has 0 saturated carbocycles. The van der Waals surface area contributed by atoms with E-state index < -0.39 is 27.3 Å². The van der Waals surface area contributed by atoms with Gasteiger partial charge in [0, 0.05) is 6.54 Å². The Kier molecular flexibility index (Phi) is 6.50. The number of aromatic carboxylic acids is 1. The Balaban J connectivity index is 2.92. The molecule has 3 N–H and O–H groups in total. The van der Waals surface area contributed by atoms with Crippen LogP contribution >= 0.6 is 11.8 Å². The number of rotatable bonds is 8. The summed E-state index contributed by atoms with van der Waals surface area (Å²) in [6.07, 6.45) is 3.60. The summed E-state index contributed by atoms with van der Waals surface area (Å²) in [4.78, 5) is 10.8. The van der Waals surface area contributed by atoms with Crippen LogP contribution in [0.15, 0.2) is 17.0 Å². The first-order chi connectivity index (χ1) is 9.79. The van der Waals surface area contributed by atoms with Gasteiger partial charge in [-0.2, -0.15) is 11.8 Å². The summed E-state index contributed by atoms with van der Waals surface area (Å²) in [5.74, 6) is -0.855. The third-order valence-electron chi connectivity index (χ3n) is 2.88. The lowest BCUT2D eigenvalue weighted by molar-refractivity contribution is 0.0693. The first-order valence-electron chi connectivity index (χ1n) is 6.35. The molecule has 0 spiro atoms. The SMILES string of the molecule is CSCCCCNS(=O)(=O)c1cc(C(=O)O)c(O)cc1C. The number of hydrogen-bond donors (Lipinski definition) is 3. The van der Waals surface area contributed by atoms with Crippen LogP contribution in [0.25, 0.3) is 0 Å². The Morgan fingerprint density at radius 3 is 2.57 bits per heavy atom. The fraction of sp³-hybridized carbons (Fsp3) is 0.462. The Morgan fingerprint density at radius 2 is 2.00 bits per heavy atom. The van der Waals surface area contributed by atoms with Gasteiger partial charge in [-0.1, -0.05) is 0 Å². The van der Waals surface area contributed by atoms with Crippen LogP contribution in [0.4, 0.5) is 0 Å². The van der Waals surface area contributed by atoms with Gasteiger partial charge < -0.3 is 10.2 Å². The van der Waals surface area contributed by atoms with Gasteiger partial charge in [-0.15, -0.1) is 0 Å². The molecule has 0 aromatic heterocycles. The zero-order valence-corrected chi connectivity index (χ0v) is 13.6. The molecule has 0 saturated heterocycles. The van der Waals surface area contributed by atoms with Crippen molar-refractivity contribution < 1.29 is 23.4 Å². The number of sulfonamides is 1. The number of carboxylic acids is 1. The minimum Gasteiger partial charge on any atom is -0.507 e. The molecular weight excluding hydrogens is 314 g/mol. The number of carboxylic acid groups (broad SMARTS) is 1. The van der Waals surface area contributed by atoms with E-state index in [0.717, 1.165) is 24.3 Å². The lowest BCUT2D eigenvalue weighted by Crippen LogP contribution is -2.26. The molecule has 0 heterocycles. The summed E-state index contributed by atoms with van der Waals surface area (Å²) in [6.45, 7) is 1.80. The van der Waals surface area contributed by atoms with Gasteiger partial charge in [-0.3, -0.25) is 0 Å². The molecule has 0 aliphatic rings. The smallest absolute Gasteiger partial charge is 0.339 e. The Hall–Kier alpha value is -1.25. The number of aromatic hydroxyl groups is 1. The van der Waals surface area contributed by atoms with Gasteiger partial charge in [-0.25, -0.2) is 17.9 Å². The van der Waals surface area contributed by atoms with Crippen molar-refractivity contribution >= 4 is 27.8 Å². The van der Waals surface area contributed by atoms with Gasteiger partial charge in [-0.05, 0) is 49.5 Å². The van der Waals surface area contributed by atoms with Crippen LogP contribution in [0.1, 0.15) is 28.8 Å². The predicted molar refractivity (Wildman–Crippen MR) is 82.6 cm³/mol. The van der Waals surface area contributed by atoms with Crippen LogP contribution in [0.3, 0.4) is 0 Å². The van der Waals surface area contributed by atoms with Gasteiger partial charge in [0.1, 0.15) is 11.3 Å². The number of carbonyl (C=O) groups is 1. The number of phenols is 1. The van der Waals surface area contributed by atoms with Crippen LogP contribution in [0.2, 0.25) is 0 Å². The number of benzene rings is 1. The molecule has 1 rings (SSSR count). The zero-order valence-electron chi connectivity index (χ0n) is 11.9. The second-order valence-corrected chi connectivity index (χ2v) is 7.26. The largest absolute Gasteiger partial charge is 0.507 e. The highest BCUT2D eigenvalue weighted by molar-refractivity contribution is 7.98. The molecule has 0 unspecified atom stereocenters. The van der Waals surface area contributed by atoms with E-state index in [4.69, 9.17) is 5.11 Å². The summed E-state index contributed by atoms with van der Waals surface area (Å²) in [6, 6.07) is 2.13. The van der Waals surface area contributed by atoms with Crippen LogP contribution in [-0.4, -0.2) is 43.2 Å². The fourth-order valence-corrected chi connectivity index (χ4v) is 3.61. The van der Waals surface area contributed by atoms with Crippen molar-refractivity contribution in [2.24, 2.45) is 0 Å². The fourth-order valence-electron chi connectivity index (χ4n) is 1.79. The highest BCUT2D eigenvalue weighted by Crippen LogP contribution is 2.25. The number of nitrogens with one attached hydrogen (secondary N) is 1. The van der Waals surface area contributed by atoms with E-state index in [9.17, 15) is 18.3 Å². The minimum atomic E-state index is -3.78. The van der Waals surface area contributed by atoms with E-state index in [1.165, 1.54) is 6.92 Å². The van der Waals surface area contributed by atoms with E-state index in [1.807, 2.05) is 6.26 Å². The van der Waals surface area contributed by atoms with Crippen molar-refractivity contribution in [3.63, 3.8) is 0 Å². The van der Waals surface area contributed by atoms with E-state index in [2.05, 4.69) is 4.72 Å². The van der Waals surface area contributed by atoms with Crippen molar-refractivity contribution in [1.82, 2.24) is 4.72 Å². The second kappa shape index (κ2) is 7.67. The molecule has 0 amide bonds. The summed E-state index contributed by atoms with van der Waals surface area (Å²) in [7, 11) is -3.78. The maximum atomic E-state index is 12.2. The number of hydrogen-bond acceptors (Lipinski definition) is 5. The molecule has 6 nitrogen and oxygen atoms in total. The predicted octanol–water partition coefficient (Wildman–Crippen LogP) is 1.82. The molecule has 1 aromatic rings. The van der Waals surface area contributed by atoms with Crippen LogP contribution in [0, 0.1) is 6.92 Å². The van der Waals surface area contributed by atoms with Crippen molar-refractivity contribution in [2.45, 2.75) is 24.7 Å². The molecule has 0 aliphatic carbocycles. The first kappa shape index (κ1) is 17.8. The Bertz CT molecular complexity index is 613. The summed E-state index contributed by atoms with van der Waals surface area (Å²) in [5.41, 5.74) is -0.127. The van der Waals surface area contributed by atoms with E-state index in [1.54, 1.807) is 11.8 Å². The van der Waals surface area contributed by atoms with Crippen molar-refractivity contribution in [3.8, 4) is 5.75 Å². The molecule has 1 aromatic carbocycles. The first-order valence-corrected chi connectivity index (χ1v) is 9.23. The summed E-state index contributed by atoms with van der Waals surface area (Å²) >= 11 is 1.69. The molecule has 8 heteroatoms. The van der Waals surface area contributed by atoms with Gasteiger partial charge >= 0.3 is 5.97 Å². The van der Waals surface area contributed by atoms with Crippen molar-refractivity contribution in [3.05, 3.63) is 23.3 Å². The average Bonchev–Trinajstić information content (AvgIpc) is 2.37. The molecule has 0 radical (unpaired) electrons. The summed E-state index contributed by atoms with van der Waals surface area (Å²) in [5, 5.41) is 18.5. The van der Waals surface area contributed by atoms with Gasteiger partial charge in [0.25, 0.3) is 0 Å². The quantitative estimate of drug-likeness (QED) is 0.627. The molecule has 0 atom stereocenters. The molecule has 21 heavy (non-hydrogen) atoms. The van der Waals surface area contributed by atoms with Crippen molar-refractivity contribution in [1.29, 1.82) is 0 Å². The lowest BCUT2D eigenvalue weighted by atomic mass is 10.1. The highest BCUT2D eigenvalue weighted by Gasteiger charge is 2.21. The highest BCUT2D eigenvalue weighted by atomic mass is 32.2. The summed E-state index contributed by atoms with van der Waals surface area (Å²) < 4.78 is 26.8. The third-order valence-corrected chi connectivity index (χ3v) is 5.18. The van der Waals surface area contributed by atoms with Crippen LogP contribution < -0.4 is 4.72 Å². The van der Waals surface area contributed by atoms with Crippen molar-refractivity contribution in [2.75, 3.05) is 18.6 Å². The lowest BCUT2D eigenvalue weighted by Gasteiger charge is -2.11. The number of thioether (sulfide) groups is 1. The maximum absolute atomic E-state index is 12.2. The number of unbranched alkanes of at least 4 members (excludes halogenated alkanes) is 1. The van der Waals surface area contributed by atoms with Gasteiger partial charge in [0.15, 0.2) is 0 Å². The van der Waals surface area contributed by atoms with E-state index >= 15 is 0 Å². The zero-order chi connectivity index (χ0) is 16.0. The van der Waals surface area contributed by atoms with Gasteiger partial charge in [0.05, 0.1) is 4.90 Å². The maximum Gasteiger partial charge on any atom is 0.339 e. The minimum absolute atomic E-state index is 0.123. The van der Waals surface area contributed by atoms with Gasteiger partial charge in [0.2, 0.25) is 10.0 Å². The molecule has 0 fully saturated rings. The molecule has 0 bridgehead atoms. The Morgan fingerprint density at radius 1 is 1.33 bits per heavy atom. The molecule has 0 aliphatic heterocycles. The van der Waals surface area contributed by atoms with Crippen LogP contribution in [0.5, 0.6) is 5.75 Å². The third kappa shape index (κ3) is 4.90. The Labute approximate surface area is 128 Å². The number of aryl methyl sites for hydroxylation is 1. The van der Waals surface area contributed by atoms with E-state index in [-0.39, 0.29) is 4.90 Å². The topological polar surface area (TPSA) is 104 Å².